The maximum atomic E-state index is 12.8. The summed E-state index contributed by atoms with van der Waals surface area (Å²) in [7, 11) is 0. The molecule has 0 atom stereocenters. The van der Waals surface area contributed by atoms with Gasteiger partial charge in [0, 0.05) is 32.7 Å². The number of nitrogens with zero attached hydrogens (tertiary/aromatic N) is 3. The highest BCUT2D eigenvalue weighted by Crippen LogP contribution is 2.37. The van der Waals surface area contributed by atoms with Crippen LogP contribution >= 0.6 is 11.3 Å². The van der Waals surface area contributed by atoms with E-state index in [2.05, 4.69) is 10.3 Å². The number of hydrogen-bond donors (Lipinski definition) is 1. The number of aromatic nitrogens is 3. The van der Waals surface area contributed by atoms with Gasteiger partial charge in [0.05, 0.1) is 34.8 Å². The fourth-order valence-electron chi connectivity index (χ4n) is 4.26. The van der Waals surface area contributed by atoms with Gasteiger partial charge in [-0.2, -0.15) is 5.10 Å². The molecule has 1 fully saturated rings. The average Bonchev–Trinajstić information content (AvgIpc) is 3.30. The topological polar surface area (TPSA) is 95.3 Å². The fraction of sp³-hybridized carbons (Fsp3) is 0.619. The quantitative estimate of drug-likeness (QED) is 0.557. The lowest BCUT2D eigenvalue weighted by molar-refractivity contribution is 0.0152. The van der Waals surface area contributed by atoms with Gasteiger partial charge in [-0.3, -0.25) is 9.48 Å². The van der Waals surface area contributed by atoms with Gasteiger partial charge in [0.15, 0.2) is 0 Å². The Bertz CT molecular complexity index is 930. The molecule has 0 radical (unpaired) electrons. The number of rotatable bonds is 6. The first kappa shape index (κ1) is 21.0. The van der Waals surface area contributed by atoms with E-state index < -0.39 is 0 Å². The SMILES string of the molecule is CCc1nn(CCCOC(=O)c2cnc(C)s2)c2c1C(=O)NCC1(CCOCC1)C2. The first-order valence-electron chi connectivity index (χ1n) is 10.6. The maximum Gasteiger partial charge on any atom is 0.349 e. The van der Waals surface area contributed by atoms with E-state index in [9.17, 15) is 9.59 Å². The van der Waals surface area contributed by atoms with Crippen molar-refractivity contribution in [1.82, 2.24) is 20.1 Å². The van der Waals surface area contributed by atoms with Gasteiger partial charge >= 0.3 is 5.97 Å². The predicted molar refractivity (Wildman–Crippen MR) is 112 cm³/mol. The van der Waals surface area contributed by atoms with Gasteiger partial charge in [-0.15, -0.1) is 11.3 Å². The molecule has 0 aliphatic carbocycles. The number of amides is 1. The van der Waals surface area contributed by atoms with Crippen LogP contribution < -0.4 is 5.32 Å². The minimum Gasteiger partial charge on any atom is -0.461 e. The molecule has 2 aliphatic rings. The van der Waals surface area contributed by atoms with Crippen molar-refractivity contribution in [2.45, 2.75) is 52.5 Å². The molecule has 4 heterocycles. The van der Waals surface area contributed by atoms with Crippen molar-refractivity contribution >= 4 is 23.2 Å². The van der Waals surface area contributed by atoms with Crippen molar-refractivity contribution in [1.29, 1.82) is 0 Å². The van der Waals surface area contributed by atoms with Gasteiger partial charge in [0.25, 0.3) is 5.91 Å². The Morgan fingerprint density at radius 1 is 1.40 bits per heavy atom. The smallest absolute Gasteiger partial charge is 0.349 e. The third kappa shape index (κ3) is 4.27. The van der Waals surface area contributed by atoms with Gasteiger partial charge in [-0.1, -0.05) is 6.92 Å². The van der Waals surface area contributed by atoms with Crippen LogP contribution in [0.4, 0.5) is 0 Å². The number of hydrogen-bond acceptors (Lipinski definition) is 7. The summed E-state index contributed by atoms with van der Waals surface area (Å²) in [6.45, 7) is 6.93. The normalized spacial score (nSPS) is 18.0. The Kier molecular flexibility index (Phi) is 6.19. The van der Waals surface area contributed by atoms with Crippen LogP contribution in [-0.2, 0) is 28.9 Å². The number of aryl methyl sites for hydroxylation is 3. The zero-order chi connectivity index (χ0) is 21.1. The Balaban J connectivity index is 1.46. The summed E-state index contributed by atoms with van der Waals surface area (Å²) in [4.78, 5) is 29.5. The molecule has 0 unspecified atom stereocenters. The van der Waals surface area contributed by atoms with Crippen LogP contribution in [0.25, 0.3) is 0 Å². The van der Waals surface area contributed by atoms with Gasteiger partial charge in [0.2, 0.25) is 0 Å². The molecule has 162 valence electrons. The summed E-state index contributed by atoms with van der Waals surface area (Å²) in [5.74, 6) is -0.363. The number of nitrogens with one attached hydrogen (secondary N) is 1. The summed E-state index contributed by atoms with van der Waals surface area (Å²) in [6, 6.07) is 0. The predicted octanol–water partition coefficient (Wildman–Crippen LogP) is 2.54. The van der Waals surface area contributed by atoms with E-state index in [-0.39, 0.29) is 17.3 Å². The molecule has 1 spiro atoms. The number of esters is 1. The van der Waals surface area contributed by atoms with Crippen LogP contribution in [0.15, 0.2) is 6.20 Å². The highest BCUT2D eigenvalue weighted by molar-refractivity contribution is 7.13. The third-order valence-electron chi connectivity index (χ3n) is 5.98. The molecule has 0 aromatic carbocycles. The molecule has 0 saturated carbocycles. The standard InChI is InChI=1S/C21H28N4O4S/c1-3-15-18-16(11-21(13-23-19(18)26)5-9-28-10-6-21)25(24-15)7-4-8-29-20(27)17-12-22-14(2)30-17/h12H,3-11,13H2,1-2H3,(H,23,26). The van der Waals surface area contributed by atoms with E-state index >= 15 is 0 Å². The Labute approximate surface area is 180 Å². The number of carbonyl (C=O) groups is 2. The van der Waals surface area contributed by atoms with Crippen LogP contribution in [0.5, 0.6) is 0 Å². The lowest BCUT2D eigenvalue weighted by Gasteiger charge is -2.36. The largest absolute Gasteiger partial charge is 0.461 e. The number of carbonyl (C=O) groups excluding carboxylic acids is 2. The second-order valence-electron chi connectivity index (χ2n) is 8.05. The van der Waals surface area contributed by atoms with Crippen LogP contribution in [-0.4, -0.2) is 53.0 Å². The monoisotopic (exact) mass is 432 g/mol. The van der Waals surface area contributed by atoms with E-state index in [0.29, 0.717) is 37.4 Å². The van der Waals surface area contributed by atoms with Crippen molar-refractivity contribution in [3.05, 3.63) is 33.0 Å². The van der Waals surface area contributed by atoms with E-state index in [0.717, 1.165) is 54.4 Å². The number of ether oxygens (including phenoxy) is 2. The Hall–Kier alpha value is -2.26. The first-order valence-corrected chi connectivity index (χ1v) is 11.4. The Morgan fingerprint density at radius 2 is 2.20 bits per heavy atom. The molecule has 2 aromatic heterocycles. The van der Waals surface area contributed by atoms with Gasteiger partial charge < -0.3 is 14.8 Å². The van der Waals surface area contributed by atoms with E-state index in [1.165, 1.54) is 11.3 Å². The highest BCUT2D eigenvalue weighted by Gasteiger charge is 2.39. The van der Waals surface area contributed by atoms with Gasteiger partial charge in [-0.05, 0) is 38.0 Å². The highest BCUT2D eigenvalue weighted by atomic mass is 32.1. The lowest BCUT2D eigenvalue weighted by atomic mass is 9.76. The van der Waals surface area contributed by atoms with Crippen LogP contribution in [0.3, 0.4) is 0 Å². The molecule has 2 aliphatic heterocycles. The van der Waals surface area contributed by atoms with Crippen molar-refractivity contribution in [3.8, 4) is 0 Å². The third-order valence-corrected chi connectivity index (χ3v) is 6.87. The zero-order valence-electron chi connectivity index (χ0n) is 17.5. The number of fused-ring (bicyclic) bond motifs is 1. The average molecular weight is 433 g/mol. The summed E-state index contributed by atoms with van der Waals surface area (Å²) in [6.07, 6.45) is 5.58. The van der Waals surface area contributed by atoms with Gasteiger partial charge in [-0.25, -0.2) is 9.78 Å². The van der Waals surface area contributed by atoms with Crippen LogP contribution in [0.1, 0.15) is 62.6 Å². The summed E-state index contributed by atoms with van der Waals surface area (Å²) in [5, 5.41) is 8.71. The zero-order valence-corrected chi connectivity index (χ0v) is 18.3. The van der Waals surface area contributed by atoms with Crippen molar-refractivity contribution in [2.75, 3.05) is 26.4 Å². The van der Waals surface area contributed by atoms with E-state index in [1.54, 1.807) is 6.20 Å². The number of thiazole rings is 1. The van der Waals surface area contributed by atoms with Crippen molar-refractivity contribution in [3.63, 3.8) is 0 Å². The fourth-order valence-corrected chi connectivity index (χ4v) is 4.94. The molecule has 2 aromatic rings. The molecule has 1 amide bonds. The molecule has 0 bridgehead atoms. The van der Waals surface area contributed by atoms with E-state index in [1.807, 2.05) is 18.5 Å². The summed E-state index contributed by atoms with van der Waals surface area (Å²) in [5.41, 5.74) is 2.60. The molecule has 1 saturated heterocycles. The maximum absolute atomic E-state index is 12.8. The summed E-state index contributed by atoms with van der Waals surface area (Å²) < 4.78 is 12.9. The molecule has 1 N–H and O–H groups in total. The Morgan fingerprint density at radius 3 is 2.90 bits per heavy atom. The second kappa shape index (κ2) is 8.85. The molecule has 8 nitrogen and oxygen atoms in total. The molecule has 30 heavy (non-hydrogen) atoms. The van der Waals surface area contributed by atoms with Crippen LogP contribution in [0, 0.1) is 12.3 Å². The minimum absolute atomic E-state index is 0.0246. The van der Waals surface area contributed by atoms with Gasteiger partial charge in [0.1, 0.15) is 4.88 Å². The molecular weight excluding hydrogens is 404 g/mol. The first-order chi connectivity index (χ1) is 14.5. The van der Waals surface area contributed by atoms with Crippen molar-refractivity contribution in [2.24, 2.45) is 5.41 Å². The second-order valence-corrected chi connectivity index (χ2v) is 9.28. The molecule has 9 heteroatoms. The molecule has 4 rings (SSSR count). The van der Waals surface area contributed by atoms with Crippen LogP contribution in [0.2, 0.25) is 0 Å². The van der Waals surface area contributed by atoms with Crippen molar-refractivity contribution < 1.29 is 19.1 Å². The lowest BCUT2D eigenvalue weighted by Crippen LogP contribution is -2.40. The van der Waals surface area contributed by atoms with E-state index in [4.69, 9.17) is 14.6 Å². The molecular formula is C21H28N4O4S. The minimum atomic E-state index is -0.338. The summed E-state index contributed by atoms with van der Waals surface area (Å²) >= 11 is 1.33.